The van der Waals surface area contributed by atoms with Gasteiger partial charge >= 0.3 is 0 Å². The number of nitrogens with zero attached hydrogens (tertiary/aromatic N) is 2. The summed E-state index contributed by atoms with van der Waals surface area (Å²) in [5.41, 5.74) is 8.31. The van der Waals surface area contributed by atoms with Crippen LogP contribution in [-0.4, -0.2) is 24.4 Å². The van der Waals surface area contributed by atoms with Crippen LogP contribution in [0.2, 0.25) is 0 Å². The van der Waals surface area contributed by atoms with Gasteiger partial charge in [-0.2, -0.15) is 0 Å². The van der Waals surface area contributed by atoms with Crippen LogP contribution in [0.1, 0.15) is 12.5 Å². The molecule has 2 aromatic rings. The number of nitrogen functional groups attached to an aromatic ring is 1. The van der Waals surface area contributed by atoms with Gasteiger partial charge in [0, 0.05) is 11.3 Å². The van der Waals surface area contributed by atoms with Crippen LogP contribution in [0.4, 0.5) is 10.8 Å². The molecule has 0 aliphatic carbocycles. The van der Waals surface area contributed by atoms with Crippen LogP contribution in [-0.2, 0) is 10.0 Å². The van der Waals surface area contributed by atoms with Gasteiger partial charge in [0.15, 0.2) is 0 Å². The number of benzene rings is 1. The van der Waals surface area contributed by atoms with E-state index in [1.807, 2.05) is 19.1 Å². The molecule has 0 bridgehead atoms. The van der Waals surface area contributed by atoms with Crippen molar-refractivity contribution in [3.63, 3.8) is 0 Å². The maximum absolute atomic E-state index is 11.4. The molecule has 0 aliphatic rings. The second kappa shape index (κ2) is 5.14. The molecule has 0 fully saturated rings. The number of aryl methyl sites for hydroxylation is 1. The summed E-state index contributed by atoms with van der Waals surface area (Å²) >= 11 is 1.17. The number of hydrogen-bond acceptors (Lipinski definition) is 6. The zero-order valence-corrected chi connectivity index (χ0v) is 12.2. The molecule has 0 aliphatic heterocycles. The number of nitrogens with two attached hydrogens (primary N) is 1. The molecule has 0 saturated carbocycles. The Balaban J connectivity index is 2.28. The van der Waals surface area contributed by atoms with Crippen LogP contribution in [0.3, 0.4) is 0 Å². The van der Waals surface area contributed by atoms with E-state index in [1.54, 1.807) is 13.0 Å². The molecule has 19 heavy (non-hydrogen) atoms. The van der Waals surface area contributed by atoms with Gasteiger partial charge in [-0.3, -0.25) is 4.72 Å². The quantitative estimate of drug-likeness (QED) is 0.839. The lowest BCUT2D eigenvalue weighted by Gasteiger charge is -2.01. The highest BCUT2D eigenvalue weighted by Crippen LogP contribution is 2.28. The fourth-order valence-electron chi connectivity index (χ4n) is 1.36. The van der Waals surface area contributed by atoms with Gasteiger partial charge in [0.05, 0.1) is 5.75 Å². The average molecular weight is 298 g/mol. The maximum Gasteiger partial charge on any atom is 0.234 e. The predicted octanol–water partition coefficient (Wildman–Crippen LogP) is 1.86. The third-order valence-corrected chi connectivity index (χ3v) is 4.86. The average Bonchev–Trinajstić information content (AvgIpc) is 2.80. The second-order valence-corrected chi connectivity index (χ2v) is 6.98. The first-order valence-corrected chi connectivity index (χ1v) is 8.08. The number of aromatic nitrogens is 2. The topological polar surface area (TPSA) is 98.0 Å². The van der Waals surface area contributed by atoms with Gasteiger partial charge in [-0.25, -0.2) is 8.42 Å². The summed E-state index contributed by atoms with van der Waals surface area (Å²) in [6, 6.07) is 5.57. The largest absolute Gasteiger partial charge is 0.398 e. The van der Waals surface area contributed by atoms with Crippen molar-refractivity contribution < 1.29 is 8.42 Å². The van der Waals surface area contributed by atoms with E-state index in [0.29, 0.717) is 10.7 Å². The van der Waals surface area contributed by atoms with E-state index in [1.165, 1.54) is 11.3 Å². The van der Waals surface area contributed by atoms with Gasteiger partial charge in [0.1, 0.15) is 5.01 Å². The second-order valence-electron chi connectivity index (χ2n) is 3.99. The van der Waals surface area contributed by atoms with Gasteiger partial charge in [0.2, 0.25) is 15.2 Å². The van der Waals surface area contributed by atoms with Gasteiger partial charge in [0.25, 0.3) is 0 Å². The number of hydrogen-bond donors (Lipinski definition) is 2. The number of nitrogens with one attached hydrogen (secondary N) is 1. The molecule has 0 spiro atoms. The first kappa shape index (κ1) is 13.8. The Morgan fingerprint density at radius 2 is 2.11 bits per heavy atom. The van der Waals surface area contributed by atoms with Crippen LogP contribution in [0.5, 0.6) is 0 Å². The van der Waals surface area contributed by atoms with Crippen LogP contribution >= 0.6 is 11.3 Å². The Hall–Kier alpha value is -1.67. The Bertz CT molecular complexity index is 694. The van der Waals surface area contributed by atoms with Crippen molar-refractivity contribution in [2.45, 2.75) is 13.8 Å². The smallest absolute Gasteiger partial charge is 0.234 e. The molecule has 0 unspecified atom stereocenters. The summed E-state index contributed by atoms with van der Waals surface area (Å²) in [6.07, 6.45) is 0. The molecular formula is C11H14N4O2S2. The Kier molecular flexibility index (Phi) is 3.72. The zero-order valence-electron chi connectivity index (χ0n) is 10.5. The normalized spacial score (nSPS) is 11.5. The van der Waals surface area contributed by atoms with Crippen molar-refractivity contribution in [3.8, 4) is 10.6 Å². The summed E-state index contributed by atoms with van der Waals surface area (Å²) in [7, 11) is -3.32. The van der Waals surface area contributed by atoms with E-state index in [0.717, 1.165) is 11.1 Å². The summed E-state index contributed by atoms with van der Waals surface area (Å²) in [5.74, 6) is -0.000602. The van der Waals surface area contributed by atoms with Gasteiger partial charge in [-0.05, 0) is 25.5 Å². The molecule has 1 aromatic heterocycles. The number of anilines is 2. The minimum absolute atomic E-state index is 0.000602. The van der Waals surface area contributed by atoms with E-state index in [2.05, 4.69) is 14.9 Å². The Labute approximate surface area is 115 Å². The third-order valence-electron chi connectivity index (χ3n) is 2.57. The van der Waals surface area contributed by atoms with Gasteiger partial charge < -0.3 is 5.73 Å². The van der Waals surface area contributed by atoms with Crippen molar-refractivity contribution in [3.05, 3.63) is 23.8 Å². The first-order chi connectivity index (χ1) is 8.91. The first-order valence-electron chi connectivity index (χ1n) is 5.62. The SMILES string of the molecule is CCS(=O)(=O)Nc1nnc(-c2ccc(C)c(N)c2)s1. The highest BCUT2D eigenvalue weighted by atomic mass is 32.2. The standard InChI is InChI=1S/C11H14N4O2S2/c1-3-19(16,17)15-11-14-13-10(18-11)8-5-4-7(2)9(12)6-8/h4-6H,3,12H2,1-2H3,(H,14,15). The summed E-state index contributed by atoms with van der Waals surface area (Å²) in [5, 5.41) is 8.66. The van der Waals surface area contributed by atoms with Crippen molar-refractivity contribution in [1.29, 1.82) is 0 Å². The third kappa shape index (κ3) is 3.21. The number of rotatable bonds is 4. The molecule has 3 N–H and O–H groups in total. The highest BCUT2D eigenvalue weighted by molar-refractivity contribution is 7.92. The molecule has 0 saturated heterocycles. The Morgan fingerprint density at radius 3 is 2.74 bits per heavy atom. The molecule has 1 aromatic carbocycles. The van der Waals surface area contributed by atoms with Crippen molar-refractivity contribution in [1.82, 2.24) is 10.2 Å². The molecule has 2 rings (SSSR count). The molecule has 1 heterocycles. The maximum atomic E-state index is 11.4. The molecule has 6 nitrogen and oxygen atoms in total. The molecule has 0 radical (unpaired) electrons. The monoisotopic (exact) mass is 298 g/mol. The van der Waals surface area contributed by atoms with Crippen molar-refractivity contribution in [2.75, 3.05) is 16.2 Å². The lowest BCUT2D eigenvalue weighted by atomic mass is 10.1. The summed E-state index contributed by atoms with van der Waals surface area (Å²) < 4.78 is 25.2. The Morgan fingerprint density at radius 1 is 1.37 bits per heavy atom. The van der Waals surface area contributed by atoms with Crippen molar-refractivity contribution in [2.24, 2.45) is 0 Å². The fourth-order valence-corrected chi connectivity index (χ4v) is 2.95. The van der Waals surface area contributed by atoms with Gasteiger partial charge in [-0.1, -0.05) is 23.5 Å². The predicted molar refractivity (Wildman–Crippen MR) is 77.6 cm³/mol. The summed E-state index contributed by atoms with van der Waals surface area (Å²) in [6.45, 7) is 3.48. The highest BCUT2D eigenvalue weighted by Gasteiger charge is 2.12. The minimum Gasteiger partial charge on any atom is -0.398 e. The van der Waals surface area contributed by atoms with E-state index >= 15 is 0 Å². The van der Waals surface area contributed by atoms with Crippen LogP contribution in [0.15, 0.2) is 18.2 Å². The number of sulfonamides is 1. The zero-order chi connectivity index (χ0) is 14.0. The van der Waals surface area contributed by atoms with E-state index in [4.69, 9.17) is 5.73 Å². The molecule has 8 heteroatoms. The lowest BCUT2D eigenvalue weighted by molar-refractivity contribution is 0.602. The lowest BCUT2D eigenvalue weighted by Crippen LogP contribution is -2.14. The molecule has 0 atom stereocenters. The van der Waals surface area contributed by atoms with Crippen LogP contribution < -0.4 is 10.5 Å². The van der Waals surface area contributed by atoms with E-state index < -0.39 is 10.0 Å². The van der Waals surface area contributed by atoms with Crippen molar-refractivity contribution >= 4 is 32.2 Å². The van der Waals surface area contributed by atoms with Gasteiger partial charge in [-0.15, -0.1) is 10.2 Å². The van der Waals surface area contributed by atoms with E-state index in [-0.39, 0.29) is 10.9 Å². The molecule has 102 valence electrons. The minimum atomic E-state index is -3.32. The van der Waals surface area contributed by atoms with Crippen LogP contribution in [0, 0.1) is 6.92 Å². The fraction of sp³-hybridized carbons (Fsp3) is 0.273. The summed E-state index contributed by atoms with van der Waals surface area (Å²) in [4.78, 5) is 0. The molecular weight excluding hydrogens is 284 g/mol. The van der Waals surface area contributed by atoms with Crippen LogP contribution in [0.25, 0.3) is 10.6 Å². The van der Waals surface area contributed by atoms with E-state index in [9.17, 15) is 8.42 Å². The molecule has 0 amide bonds.